The van der Waals surface area contributed by atoms with E-state index >= 15 is 0 Å². The molecule has 4 rings (SSSR count). The Morgan fingerprint density at radius 3 is 2.61 bits per heavy atom. The summed E-state index contributed by atoms with van der Waals surface area (Å²) in [5.41, 5.74) is 8.19. The predicted octanol–water partition coefficient (Wildman–Crippen LogP) is 2.97. The maximum Gasteiger partial charge on any atom is 0.418 e. The van der Waals surface area contributed by atoms with Gasteiger partial charge in [-0.3, -0.25) is 10.2 Å². The first kappa shape index (κ1) is 19.0. The summed E-state index contributed by atoms with van der Waals surface area (Å²) in [4.78, 5) is 10.8. The average Bonchev–Trinajstić information content (AvgIpc) is 3.33. The summed E-state index contributed by atoms with van der Waals surface area (Å²) in [7, 11) is 0. The fourth-order valence-electron chi connectivity index (χ4n) is 4.80. The molecule has 2 aliphatic carbocycles. The van der Waals surface area contributed by atoms with Crippen molar-refractivity contribution < 1.29 is 22.7 Å². The largest absolute Gasteiger partial charge is 0.444 e. The number of alkyl halides is 3. The van der Waals surface area contributed by atoms with Crippen LogP contribution in [-0.4, -0.2) is 30.0 Å². The highest BCUT2D eigenvalue weighted by molar-refractivity contribution is 5.97. The Morgan fingerprint density at radius 1 is 1.36 bits per heavy atom. The van der Waals surface area contributed by atoms with Gasteiger partial charge in [-0.05, 0) is 62.6 Å². The van der Waals surface area contributed by atoms with E-state index in [0.29, 0.717) is 11.8 Å². The fourth-order valence-corrected chi connectivity index (χ4v) is 4.80. The molecule has 0 spiro atoms. The Labute approximate surface area is 160 Å². The van der Waals surface area contributed by atoms with Gasteiger partial charge >= 0.3 is 6.18 Å². The molecule has 152 valence electrons. The number of benzene rings is 1. The van der Waals surface area contributed by atoms with Crippen LogP contribution in [0.5, 0.6) is 0 Å². The number of carbonyl (C=O) groups excluding carboxylic acids is 1. The van der Waals surface area contributed by atoms with Gasteiger partial charge in [0, 0.05) is 22.8 Å². The number of nitrogens with zero attached hydrogens (tertiary/aromatic N) is 1. The van der Waals surface area contributed by atoms with Crippen molar-refractivity contribution in [3.63, 3.8) is 0 Å². The van der Waals surface area contributed by atoms with Crippen molar-refractivity contribution in [3.05, 3.63) is 29.3 Å². The Hall–Kier alpha value is -2.29. The van der Waals surface area contributed by atoms with Crippen molar-refractivity contribution in [1.29, 1.82) is 0 Å². The Balaban J connectivity index is 1.62. The second-order valence-corrected chi connectivity index (χ2v) is 8.25. The summed E-state index contributed by atoms with van der Waals surface area (Å²) in [6, 6.07) is 3.52. The number of ether oxygens (including phenoxy) is 1. The number of hydrogen-bond acceptors (Lipinski definition) is 6. The van der Waals surface area contributed by atoms with Crippen LogP contribution in [0.15, 0.2) is 23.3 Å². The molecule has 1 heterocycles. The van der Waals surface area contributed by atoms with Crippen LogP contribution in [0.3, 0.4) is 0 Å². The second-order valence-electron chi connectivity index (χ2n) is 8.25. The molecule has 2 saturated carbocycles. The first-order valence-corrected chi connectivity index (χ1v) is 9.36. The maximum absolute atomic E-state index is 13.6. The fraction of sp³-hybridized carbons (Fsp3) is 0.579. The Bertz CT molecular complexity index is 816. The van der Waals surface area contributed by atoms with Crippen LogP contribution >= 0.6 is 0 Å². The van der Waals surface area contributed by atoms with Crippen molar-refractivity contribution in [2.75, 3.05) is 5.32 Å². The van der Waals surface area contributed by atoms with Gasteiger partial charge in [0.25, 0.3) is 0 Å². The number of aldehydes is 1. The van der Waals surface area contributed by atoms with Crippen molar-refractivity contribution >= 4 is 17.9 Å². The first-order chi connectivity index (χ1) is 13.1. The normalized spacial score (nSPS) is 32.5. The Morgan fingerprint density at radius 2 is 2.07 bits per heavy atom. The number of hydrogen-bond donors (Lipinski definition) is 3. The lowest BCUT2D eigenvalue weighted by molar-refractivity contribution is -0.137. The van der Waals surface area contributed by atoms with E-state index < -0.39 is 18.0 Å². The quantitative estimate of drug-likeness (QED) is 0.666. The van der Waals surface area contributed by atoms with Gasteiger partial charge in [-0.2, -0.15) is 13.2 Å². The summed E-state index contributed by atoms with van der Waals surface area (Å²) in [5.74, 6) is 0.0856. The lowest BCUT2D eigenvalue weighted by atomic mass is 9.78. The lowest BCUT2D eigenvalue weighted by Gasteiger charge is -2.35. The van der Waals surface area contributed by atoms with Crippen LogP contribution in [0.1, 0.15) is 50.2 Å². The van der Waals surface area contributed by atoms with Crippen LogP contribution in [0, 0.1) is 5.41 Å². The summed E-state index contributed by atoms with van der Waals surface area (Å²) in [5, 5.41) is 6.99. The van der Waals surface area contributed by atoms with Gasteiger partial charge in [0.1, 0.15) is 0 Å². The second kappa shape index (κ2) is 6.37. The van der Waals surface area contributed by atoms with Gasteiger partial charge in [0.05, 0.1) is 5.56 Å². The molecule has 2 fully saturated rings. The van der Waals surface area contributed by atoms with Crippen molar-refractivity contribution in [3.8, 4) is 0 Å². The van der Waals surface area contributed by atoms with Gasteiger partial charge in [-0.15, -0.1) is 5.10 Å². The van der Waals surface area contributed by atoms with Crippen LogP contribution < -0.4 is 16.5 Å². The average molecular weight is 396 g/mol. The molecule has 0 saturated heterocycles. The van der Waals surface area contributed by atoms with Gasteiger partial charge in [0.2, 0.25) is 12.1 Å². The molecule has 3 aliphatic rings. The number of rotatable bonds is 5. The molecule has 0 radical (unpaired) electrons. The van der Waals surface area contributed by atoms with Crippen molar-refractivity contribution in [2.24, 2.45) is 16.3 Å². The monoisotopic (exact) mass is 396 g/mol. The van der Waals surface area contributed by atoms with Gasteiger partial charge in [-0.1, -0.05) is 0 Å². The third kappa shape index (κ3) is 3.21. The summed E-state index contributed by atoms with van der Waals surface area (Å²) >= 11 is 0. The van der Waals surface area contributed by atoms with E-state index in [9.17, 15) is 18.0 Å². The molecule has 2 atom stereocenters. The van der Waals surface area contributed by atoms with E-state index in [-0.39, 0.29) is 28.6 Å². The standard InChI is InChI=1S/C19H23F3N4O2/c1-11(17-4-6-18(23,10-17)7-5-17)24-14-8-12(2-3-13(14)19(20,21)22)16-26-25-15(9-27)28-16/h2-3,8-9,11,15,24-25H,4-7,10,23H2,1H3/t11-,15?,17?,18?/m0/s1. The zero-order valence-corrected chi connectivity index (χ0v) is 15.5. The van der Waals surface area contributed by atoms with E-state index in [2.05, 4.69) is 15.8 Å². The molecule has 6 nitrogen and oxygen atoms in total. The number of carbonyl (C=O) groups is 1. The topological polar surface area (TPSA) is 88.7 Å². The molecule has 4 N–H and O–H groups in total. The third-order valence-corrected chi connectivity index (χ3v) is 6.46. The highest BCUT2D eigenvalue weighted by Crippen LogP contribution is 2.57. The van der Waals surface area contributed by atoms with E-state index in [1.54, 1.807) is 0 Å². The number of nitrogens with two attached hydrogens (primary N) is 1. The van der Waals surface area contributed by atoms with Crippen LogP contribution in [0.2, 0.25) is 0 Å². The van der Waals surface area contributed by atoms with Crippen LogP contribution in [0.4, 0.5) is 18.9 Å². The molecule has 1 unspecified atom stereocenters. The molecule has 1 aliphatic heterocycles. The molecule has 1 aromatic carbocycles. The predicted molar refractivity (Wildman–Crippen MR) is 97.6 cm³/mol. The molecule has 1 aromatic rings. The summed E-state index contributed by atoms with van der Waals surface area (Å²) in [6.45, 7) is 1.93. The minimum Gasteiger partial charge on any atom is -0.444 e. The van der Waals surface area contributed by atoms with Gasteiger partial charge < -0.3 is 15.8 Å². The van der Waals surface area contributed by atoms with Crippen molar-refractivity contribution in [2.45, 2.75) is 63.0 Å². The summed E-state index contributed by atoms with van der Waals surface area (Å²) < 4.78 is 46.0. The first-order valence-electron chi connectivity index (χ1n) is 9.36. The Kier molecular flexibility index (Phi) is 4.33. The summed E-state index contributed by atoms with van der Waals surface area (Å²) in [6.07, 6.45) is -0.414. The molecule has 9 heteroatoms. The SMILES string of the molecule is C[C@H](Nc1cc(C2=NNC(C=O)O2)ccc1C(F)(F)F)C12CCC(N)(CC1)C2. The van der Waals surface area contributed by atoms with Crippen LogP contribution in [-0.2, 0) is 15.7 Å². The minimum atomic E-state index is -4.50. The highest BCUT2D eigenvalue weighted by atomic mass is 19.4. The van der Waals surface area contributed by atoms with Gasteiger partial charge in [0.15, 0.2) is 6.29 Å². The van der Waals surface area contributed by atoms with E-state index in [1.165, 1.54) is 12.1 Å². The molecular weight excluding hydrogens is 373 g/mol. The smallest absolute Gasteiger partial charge is 0.418 e. The van der Waals surface area contributed by atoms with Crippen LogP contribution in [0.25, 0.3) is 0 Å². The maximum atomic E-state index is 13.6. The van der Waals surface area contributed by atoms with Crippen molar-refractivity contribution in [1.82, 2.24) is 5.43 Å². The molecular formula is C19H23F3N4O2. The lowest BCUT2D eigenvalue weighted by Crippen LogP contribution is -2.36. The number of nitrogens with one attached hydrogen (secondary N) is 2. The molecule has 28 heavy (non-hydrogen) atoms. The number of halogens is 3. The number of anilines is 1. The van der Waals surface area contributed by atoms with E-state index in [0.717, 1.165) is 38.2 Å². The van der Waals surface area contributed by atoms with Gasteiger partial charge in [-0.25, -0.2) is 0 Å². The van der Waals surface area contributed by atoms with E-state index in [4.69, 9.17) is 10.5 Å². The zero-order chi connectivity index (χ0) is 20.2. The number of hydrazone groups is 1. The molecule has 2 bridgehead atoms. The minimum absolute atomic E-state index is 0.0193. The molecule has 0 aromatic heterocycles. The third-order valence-electron chi connectivity index (χ3n) is 6.46. The highest BCUT2D eigenvalue weighted by Gasteiger charge is 2.54. The van der Waals surface area contributed by atoms with E-state index in [1.807, 2.05) is 6.92 Å². The zero-order valence-electron chi connectivity index (χ0n) is 15.5. The number of fused-ring (bicyclic) bond motifs is 2. The molecule has 0 amide bonds.